The summed E-state index contributed by atoms with van der Waals surface area (Å²) in [6, 6.07) is 0. The van der Waals surface area contributed by atoms with Gasteiger partial charge in [-0.2, -0.15) is 0 Å². The van der Waals surface area contributed by atoms with Crippen molar-refractivity contribution >= 4 is 11.8 Å². The van der Waals surface area contributed by atoms with E-state index in [0.717, 1.165) is 12.8 Å². The predicted octanol–water partition coefficient (Wildman–Crippen LogP) is 3.14. The molecule has 0 bridgehead atoms. The van der Waals surface area contributed by atoms with Crippen molar-refractivity contribution in [1.82, 2.24) is 5.32 Å². The molecule has 0 aromatic rings. The number of imide groups is 1. The third-order valence-electron chi connectivity index (χ3n) is 5.27. The summed E-state index contributed by atoms with van der Waals surface area (Å²) in [7, 11) is 0. The van der Waals surface area contributed by atoms with Gasteiger partial charge in [0.05, 0.1) is 0 Å². The van der Waals surface area contributed by atoms with E-state index >= 15 is 0 Å². The highest BCUT2D eigenvalue weighted by molar-refractivity contribution is 5.99. The minimum Gasteiger partial charge on any atom is -0.296 e. The van der Waals surface area contributed by atoms with Crippen molar-refractivity contribution in [3.05, 3.63) is 0 Å². The lowest BCUT2D eigenvalue weighted by molar-refractivity contribution is -0.153. The van der Waals surface area contributed by atoms with E-state index in [-0.39, 0.29) is 23.1 Å². The molecular weight excluding hydrogens is 238 g/mol. The van der Waals surface area contributed by atoms with Gasteiger partial charge in [-0.3, -0.25) is 14.9 Å². The average molecular weight is 265 g/mol. The van der Waals surface area contributed by atoms with Gasteiger partial charge in [-0.25, -0.2) is 0 Å². The molecule has 3 heteroatoms. The Balaban J connectivity index is 2.43. The van der Waals surface area contributed by atoms with E-state index in [1.807, 2.05) is 0 Å². The van der Waals surface area contributed by atoms with Crippen molar-refractivity contribution in [2.75, 3.05) is 0 Å². The van der Waals surface area contributed by atoms with Crippen LogP contribution in [0, 0.1) is 29.1 Å². The second-order valence-corrected chi connectivity index (χ2v) is 7.14. The zero-order valence-electron chi connectivity index (χ0n) is 12.7. The number of amides is 2. The lowest BCUT2D eigenvalue weighted by Crippen LogP contribution is -2.58. The van der Waals surface area contributed by atoms with Crippen LogP contribution in [0.2, 0.25) is 0 Å². The second kappa shape index (κ2) is 5.26. The molecule has 0 aromatic carbocycles. The van der Waals surface area contributed by atoms with E-state index in [9.17, 15) is 9.59 Å². The highest BCUT2D eigenvalue weighted by Gasteiger charge is 2.54. The normalized spacial score (nSPS) is 36.1. The van der Waals surface area contributed by atoms with Crippen LogP contribution in [0.25, 0.3) is 0 Å². The smallest absolute Gasteiger partial charge is 0.230 e. The molecule has 1 spiro atoms. The average Bonchev–Trinajstić information content (AvgIpc) is 2.26. The number of hydrogen-bond donors (Lipinski definition) is 1. The SMILES string of the molecule is CC(C)C1CCCCC12CC(=O)NC(=O)C2C(C)C. The molecule has 2 rings (SSSR count). The first-order valence-electron chi connectivity index (χ1n) is 7.72. The molecule has 3 atom stereocenters. The Bertz CT molecular complexity index is 375. The van der Waals surface area contributed by atoms with Crippen LogP contribution in [-0.2, 0) is 9.59 Å². The third-order valence-corrected chi connectivity index (χ3v) is 5.27. The monoisotopic (exact) mass is 265 g/mol. The molecule has 108 valence electrons. The summed E-state index contributed by atoms with van der Waals surface area (Å²) in [6.45, 7) is 8.72. The lowest BCUT2D eigenvalue weighted by Gasteiger charge is -2.53. The fraction of sp³-hybridized carbons (Fsp3) is 0.875. The van der Waals surface area contributed by atoms with Gasteiger partial charge in [0.1, 0.15) is 0 Å². The number of carbonyl (C=O) groups is 2. The number of nitrogens with one attached hydrogen (secondary N) is 1. The van der Waals surface area contributed by atoms with Gasteiger partial charge in [0, 0.05) is 12.3 Å². The van der Waals surface area contributed by atoms with Gasteiger partial charge in [0.25, 0.3) is 0 Å². The molecule has 2 fully saturated rings. The maximum absolute atomic E-state index is 12.4. The number of rotatable bonds is 2. The van der Waals surface area contributed by atoms with Gasteiger partial charge < -0.3 is 0 Å². The van der Waals surface area contributed by atoms with Crippen LogP contribution >= 0.6 is 0 Å². The number of carbonyl (C=O) groups excluding carboxylic acids is 2. The number of piperidine rings is 1. The van der Waals surface area contributed by atoms with Gasteiger partial charge in [-0.15, -0.1) is 0 Å². The van der Waals surface area contributed by atoms with Crippen LogP contribution in [0.4, 0.5) is 0 Å². The van der Waals surface area contributed by atoms with Crippen LogP contribution in [-0.4, -0.2) is 11.8 Å². The summed E-state index contributed by atoms with van der Waals surface area (Å²) in [6.07, 6.45) is 5.15. The third kappa shape index (κ3) is 2.44. The molecular formula is C16H27NO2. The van der Waals surface area contributed by atoms with Crippen LogP contribution in [0.15, 0.2) is 0 Å². The van der Waals surface area contributed by atoms with Crippen molar-refractivity contribution in [2.24, 2.45) is 29.1 Å². The first kappa shape index (κ1) is 14.5. The van der Waals surface area contributed by atoms with E-state index in [2.05, 4.69) is 33.0 Å². The highest BCUT2D eigenvalue weighted by Crippen LogP contribution is 2.55. The molecule has 2 amide bonds. The predicted molar refractivity (Wildman–Crippen MR) is 75.3 cm³/mol. The molecule has 3 nitrogen and oxygen atoms in total. The first-order valence-corrected chi connectivity index (χ1v) is 7.72. The molecule has 19 heavy (non-hydrogen) atoms. The number of hydrogen-bond acceptors (Lipinski definition) is 2. The molecule has 1 saturated heterocycles. The van der Waals surface area contributed by atoms with Crippen molar-refractivity contribution < 1.29 is 9.59 Å². The molecule has 0 aromatic heterocycles. The van der Waals surface area contributed by atoms with Crippen molar-refractivity contribution in [2.45, 2.75) is 59.8 Å². The van der Waals surface area contributed by atoms with Crippen molar-refractivity contribution in [3.8, 4) is 0 Å². The maximum atomic E-state index is 12.4. The summed E-state index contributed by atoms with van der Waals surface area (Å²) in [5.74, 6) is 1.25. The zero-order valence-corrected chi connectivity index (χ0v) is 12.7. The van der Waals surface area contributed by atoms with E-state index < -0.39 is 0 Å². The molecule has 1 N–H and O–H groups in total. The Labute approximate surface area is 116 Å². The van der Waals surface area contributed by atoms with Gasteiger partial charge in [0.15, 0.2) is 0 Å². The zero-order chi connectivity index (χ0) is 14.2. The Hall–Kier alpha value is -0.860. The van der Waals surface area contributed by atoms with Crippen LogP contribution in [0.3, 0.4) is 0 Å². The molecule has 1 heterocycles. The molecule has 1 saturated carbocycles. The summed E-state index contributed by atoms with van der Waals surface area (Å²) in [5, 5.41) is 2.56. The topological polar surface area (TPSA) is 46.2 Å². The summed E-state index contributed by atoms with van der Waals surface area (Å²) < 4.78 is 0. The maximum Gasteiger partial charge on any atom is 0.230 e. The Morgan fingerprint density at radius 1 is 1.11 bits per heavy atom. The van der Waals surface area contributed by atoms with E-state index in [1.165, 1.54) is 12.8 Å². The van der Waals surface area contributed by atoms with E-state index in [0.29, 0.717) is 24.2 Å². The van der Waals surface area contributed by atoms with E-state index in [4.69, 9.17) is 0 Å². The van der Waals surface area contributed by atoms with Crippen LogP contribution in [0.5, 0.6) is 0 Å². The quantitative estimate of drug-likeness (QED) is 0.780. The summed E-state index contributed by atoms with van der Waals surface area (Å²) in [4.78, 5) is 24.3. The molecule has 2 aliphatic rings. The molecule has 1 aliphatic carbocycles. The van der Waals surface area contributed by atoms with Crippen molar-refractivity contribution in [1.29, 1.82) is 0 Å². The minimum absolute atomic E-state index is 0.00194. The lowest BCUT2D eigenvalue weighted by atomic mass is 9.52. The molecule has 1 aliphatic heterocycles. The fourth-order valence-electron chi connectivity index (χ4n) is 4.79. The Morgan fingerprint density at radius 2 is 1.79 bits per heavy atom. The second-order valence-electron chi connectivity index (χ2n) is 7.14. The summed E-state index contributed by atoms with van der Waals surface area (Å²) in [5.41, 5.74) is -0.0833. The van der Waals surface area contributed by atoms with Gasteiger partial charge in [-0.1, -0.05) is 40.5 Å². The van der Waals surface area contributed by atoms with Crippen molar-refractivity contribution in [3.63, 3.8) is 0 Å². The Morgan fingerprint density at radius 3 is 2.37 bits per heavy atom. The largest absolute Gasteiger partial charge is 0.296 e. The highest BCUT2D eigenvalue weighted by atomic mass is 16.2. The van der Waals surface area contributed by atoms with Gasteiger partial charge >= 0.3 is 0 Å². The fourth-order valence-corrected chi connectivity index (χ4v) is 4.79. The van der Waals surface area contributed by atoms with E-state index in [1.54, 1.807) is 0 Å². The van der Waals surface area contributed by atoms with Crippen LogP contribution < -0.4 is 5.32 Å². The summed E-state index contributed by atoms with van der Waals surface area (Å²) >= 11 is 0. The molecule has 0 radical (unpaired) electrons. The molecule has 3 unspecified atom stereocenters. The van der Waals surface area contributed by atoms with Gasteiger partial charge in [-0.05, 0) is 36.0 Å². The van der Waals surface area contributed by atoms with Crippen LogP contribution in [0.1, 0.15) is 59.8 Å². The standard InChI is InChI=1S/C16H27NO2/c1-10(2)12-7-5-6-8-16(12)9-13(18)17-15(19)14(16)11(3)4/h10-12,14H,5-9H2,1-4H3,(H,17,18,19). The Kier molecular flexibility index (Phi) is 4.03. The minimum atomic E-state index is -0.0833. The first-order chi connectivity index (χ1) is 8.88. The van der Waals surface area contributed by atoms with Gasteiger partial charge in [0.2, 0.25) is 11.8 Å².